The summed E-state index contributed by atoms with van der Waals surface area (Å²) in [5.41, 5.74) is 1.02. The minimum Gasteiger partial charge on any atom is -0.497 e. The number of aromatic nitrogens is 4. The topological polar surface area (TPSA) is 56.1 Å². The van der Waals surface area contributed by atoms with Crippen molar-refractivity contribution in [3.05, 3.63) is 30.6 Å². The third-order valence-electron chi connectivity index (χ3n) is 3.48. The van der Waals surface area contributed by atoms with Gasteiger partial charge in [-0.05, 0) is 18.2 Å². The zero-order valence-corrected chi connectivity index (χ0v) is 11.7. The summed E-state index contributed by atoms with van der Waals surface area (Å²) >= 11 is 1.69. The van der Waals surface area contributed by atoms with Gasteiger partial charge in [0, 0.05) is 13.1 Å². The molecule has 6 nitrogen and oxygen atoms in total. The molecule has 0 N–H and O–H groups in total. The Morgan fingerprint density at radius 3 is 2.80 bits per heavy atom. The molecule has 20 heavy (non-hydrogen) atoms. The van der Waals surface area contributed by atoms with E-state index in [2.05, 4.69) is 20.1 Å². The summed E-state index contributed by atoms with van der Waals surface area (Å²) in [6, 6.07) is 6.33. The second kappa shape index (κ2) is 4.45. The van der Waals surface area contributed by atoms with E-state index < -0.39 is 0 Å². The second-order valence-electron chi connectivity index (χ2n) is 4.74. The van der Waals surface area contributed by atoms with Crippen molar-refractivity contribution in [1.29, 1.82) is 0 Å². The van der Waals surface area contributed by atoms with Crippen molar-refractivity contribution in [1.82, 2.24) is 20.0 Å². The van der Waals surface area contributed by atoms with Gasteiger partial charge < -0.3 is 9.64 Å². The highest BCUT2D eigenvalue weighted by Gasteiger charge is 2.31. The van der Waals surface area contributed by atoms with E-state index in [0.717, 1.165) is 34.2 Å². The van der Waals surface area contributed by atoms with Gasteiger partial charge in [-0.25, -0.2) is 4.98 Å². The first-order valence-corrected chi connectivity index (χ1v) is 7.20. The smallest absolute Gasteiger partial charge is 0.186 e. The van der Waals surface area contributed by atoms with Crippen molar-refractivity contribution in [2.75, 3.05) is 25.1 Å². The molecule has 1 aliphatic rings. The maximum atomic E-state index is 5.24. The molecule has 0 spiro atoms. The van der Waals surface area contributed by atoms with Crippen LogP contribution in [0.3, 0.4) is 0 Å². The summed E-state index contributed by atoms with van der Waals surface area (Å²) in [7, 11) is 1.68. The number of methoxy groups -OCH3 is 1. The van der Waals surface area contributed by atoms with Gasteiger partial charge in [0.15, 0.2) is 5.13 Å². The molecular weight excluding hydrogens is 274 g/mol. The number of ether oxygens (including phenoxy) is 1. The van der Waals surface area contributed by atoms with E-state index in [9.17, 15) is 0 Å². The quantitative estimate of drug-likeness (QED) is 0.737. The highest BCUT2D eigenvalue weighted by atomic mass is 32.1. The van der Waals surface area contributed by atoms with Crippen LogP contribution < -0.4 is 9.64 Å². The Kier molecular flexibility index (Phi) is 2.59. The fraction of sp³-hybridized carbons (Fsp3) is 0.308. The highest BCUT2D eigenvalue weighted by molar-refractivity contribution is 7.22. The van der Waals surface area contributed by atoms with Gasteiger partial charge in [0.1, 0.15) is 11.8 Å². The van der Waals surface area contributed by atoms with E-state index in [4.69, 9.17) is 4.74 Å². The molecule has 0 saturated carbocycles. The van der Waals surface area contributed by atoms with E-state index in [1.54, 1.807) is 35.6 Å². The summed E-state index contributed by atoms with van der Waals surface area (Å²) in [5.74, 6) is 0.870. The highest BCUT2D eigenvalue weighted by Crippen LogP contribution is 2.35. The molecule has 0 aliphatic carbocycles. The Balaban J connectivity index is 1.55. The third kappa shape index (κ3) is 1.82. The number of benzene rings is 1. The van der Waals surface area contributed by atoms with E-state index >= 15 is 0 Å². The summed E-state index contributed by atoms with van der Waals surface area (Å²) in [6.45, 7) is 1.82. The zero-order chi connectivity index (χ0) is 13.5. The molecule has 0 amide bonds. The van der Waals surface area contributed by atoms with Crippen LogP contribution in [-0.4, -0.2) is 40.2 Å². The summed E-state index contributed by atoms with van der Waals surface area (Å²) in [6.07, 6.45) is 3.43. The zero-order valence-electron chi connectivity index (χ0n) is 10.9. The third-order valence-corrected chi connectivity index (χ3v) is 4.56. The van der Waals surface area contributed by atoms with Gasteiger partial charge >= 0.3 is 0 Å². The lowest BCUT2D eigenvalue weighted by Crippen LogP contribution is -2.48. The van der Waals surface area contributed by atoms with E-state index in [-0.39, 0.29) is 0 Å². The van der Waals surface area contributed by atoms with Crippen LogP contribution in [0, 0.1) is 0 Å². The Labute approximate surface area is 119 Å². The Hall–Kier alpha value is -2.15. The molecule has 0 bridgehead atoms. The Morgan fingerprint density at radius 2 is 2.05 bits per heavy atom. The molecule has 0 radical (unpaired) electrons. The minimum atomic E-state index is 0.353. The average molecular weight is 287 g/mol. The standard InChI is InChI=1S/C13H13N5OS/c1-19-10-2-3-11-12(6-10)20-13(16-11)17-7-9(8-17)18-14-4-5-15-18/h2-6,9H,7-8H2,1H3. The van der Waals surface area contributed by atoms with Crippen LogP contribution in [0.5, 0.6) is 5.75 Å². The number of hydrogen-bond acceptors (Lipinski definition) is 6. The monoisotopic (exact) mass is 287 g/mol. The lowest BCUT2D eigenvalue weighted by molar-refractivity contribution is 0.332. The molecule has 0 atom stereocenters. The van der Waals surface area contributed by atoms with Gasteiger partial charge in [0.05, 0.1) is 29.7 Å². The first-order chi connectivity index (χ1) is 9.83. The van der Waals surface area contributed by atoms with Crippen LogP contribution in [0.15, 0.2) is 30.6 Å². The largest absolute Gasteiger partial charge is 0.497 e. The van der Waals surface area contributed by atoms with Crippen LogP contribution in [0.25, 0.3) is 10.2 Å². The molecule has 2 aromatic heterocycles. The summed E-state index contributed by atoms with van der Waals surface area (Å²) in [5, 5.41) is 9.41. The van der Waals surface area contributed by atoms with Crippen LogP contribution in [0.2, 0.25) is 0 Å². The van der Waals surface area contributed by atoms with Gasteiger partial charge in [0.2, 0.25) is 0 Å². The molecule has 3 heterocycles. The molecular formula is C13H13N5OS. The van der Waals surface area contributed by atoms with Crippen molar-refractivity contribution in [3.8, 4) is 5.75 Å². The van der Waals surface area contributed by atoms with Gasteiger partial charge in [-0.1, -0.05) is 11.3 Å². The van der Waals surface area contributed by atoms with E-state index in [0.29, 0.717) is 6.04 Å². The van der Waals surface area contributed by atoms with E-state index in [1.165, 1.54) is 0 Å². The first kappa shape index (κ1) is 11.7. The molecule has 7 heteroatoms. The SMILES string of the molecule is COc1ccc2nc(N3CC(n4nccn4)C3)sc2c1. The molecule has 1 saturated heterocycles. The van der Waals surface area contributed by atoms with Gasteiger partial charge in [-0.2, -0.15) is 15.0 Å². The molecule has 0 unspecified atom stereocenters. The van der Waals surface area contributed by atoms with Crippen LogP contribution >= 0.6 is 11.3 Å². The van der Waals surface area contributed by atoms with Gasteiger partial charge in [0.25, 0.3) is 0 Å². The lowest BCUT2D eigenvalue weighted by atomic mass is 10.1. The van der Waals surface area contributed by atoms with E-state index in [1.807, 2.05) is 18.2 Å². The second-order valence-corrected chi connectivity index (χ2v) is 5.75. The fourth-order valence-corrected chi connectivity index (χ4v) is 3.34. The number of thiazole rings is 1. The fourth-order valence-electron chi connectivity index (χ4n) is 2.33. The Morgan fingerprint density at radius 1 is 1.25 bits per heavy atom. The maximum Gasteiger partial charge on any atom is 0.186 e. The van der Waals surface area contributed by atoms with Crippen molar-refractivity contribution >= 4 is 26.7 Å². The predicted molar refractivity (Wildman–Crippen MR) is 77.4 cm³/mol. The Bertz CT molecular complexity index is 732. The molecule has 1 aromatic carbocycles. The van der Waals surface area contributed by atoms with Crippen molar-refractivity contribution in [2.24, 2.45) is 0 Å². The molecule has 1 fully saturated rings. The predicted octanol–water partition coefficient (Wildman–Crippen LogP) is 1.96. The average Bonchev–Trinajstić information content (AvgIpc) is 3.05. The maximum absolute atomic E-state index is 5.24. The number of hydrogen-bond donors (Lipinski definition) is 0. The van der Waals surface area contributed by atoms with Gasteiger partial charge in [-0.15, -0.1) is 0 Å². The molecule has 3 aromatic rings. The lowest BCUT2D eigenvalue weighted by Gasteiger charge is -2.37. The van der Waals surface area contributed by atoms with Crippen LogP contribution in [0.1, 0.15) is 6.04 Å². The number of fused-ring (bicyclic) bond motifs is 1. The summed E-state index contributed by atoms with van der Waals surface area (Å²) < 4.78 is 6.40. The molecule has 4 rings (SSSR count). The minimum absolute atomic E-state index is 0.353. The van der Waals surface area contributed by atoms with Crippen molar-refractivity contribution in [2.45, 2.75) is 6.04 Å². The van der Waals surface area contributed by atoms with Crippen molar-refractivity contribution in [3.63, 3.8) is 0 Å². The van der Waals surface area contributed by atoms with Crippen molar-refractivity contribution < 1.29 is 4.74 Å². The van der Waals surface area contributed by atoms with Gasteiger partial charge in [-0.3, -0.25) is 0 Å². The number of nitrogens with zero attached hydrogens (tertiary/aromatic N) is 5. The molecule has 1 aliphatic heterocycles. The summed E-state index contributed by atoms with van der Waals surface area (Å²) in [4.78, 5) is 8.69. The van der Waals surface area contributed by atoms with Crippen LogP contribution in [0.4, 0.5) is 5.13 Å². The number of rotatable bonds is 3. The molecule has 102 valence electrons. The number of anilines is 1. The first-order valence-electron chi connectivity index (χ1n) is 6.39. The normalized spacial score (nSPS) is 15.6. The van der Waals surface area contributed by atoms with Crippen LogP contribution in [-0.2, 0) is 0 Å².